The zero-order valence-corrected chi connectivity index (χ0v) is 15.8. The third kappa shape index (κ3) is 2.33. The highest BCUT2D eigenvalue weighted by molar-refractivity contribution is 6.05. The highest BCUT2D eigenvalue weighted by Crippen LogP contribution is 2.55. The van der Waals surface area contributed by atoms with Crippen LogP contribution < -0.4 is 0 Å². The molecule has 0 radical (unpaired) electrons. The second-order valence-electron chi connectivity index (χ2n) is 7.92. The maximum Gasteiger partial charge on any atom is 0.275 e. The molecule has 0 bridgehead atoms. The standard InChI is InChI=1S/C20H24N6O/c1-3-25-13-21-22-18(25)15-11-26(12-20(15)9-6-10-20)19(27)17-14-7-4-5-8-16(14)24(2)23-17/h4-5,7-8,13,15H,3,6,9-12H2,1-2H3. The number of para-hydroxylation sites is 1. The monoisotopic (exact) mass is 364 g/mol. The van der Waals surface area contributed by atoms with E-state index in [0.717, 1.165) is 42.7 Å². The molecule has 1 aliphatic heterocycles. The Bertz CT molecular complexity index is 1010. The molecule has 1 atom stereocenters. The highest BCUT2D eigenvalue weighted by atomic mass is 16.2. The van der Waals surface area contributed by atoms with Crippen molar-refractivity contribution >= 4 is 16.8 Å². The topological polar surface area (TPSA) is 68.8 Å². The van der Waals surface area contributed by atoms with Crippen molar-refractivity contribution in [1.29, 1.82) is 0 Å². The lowest BCUT2D eigenvalue weighted by Gasteiger charge is -2.42. The molecule has 3 aromatic rings. The normalized spacial score (nSPS) is 21.1. The number of aryl methyl sites for hydroxylation is 2. The van der Waals surface area contributed by atoms with E-state index < -0.39 is 0 Å². The molecule has 1 amide bonds. The molecule has 1 unspecified atom stereocenters. The van der Waals surface area contributed by atoms with E-state index in [2.05, 4.69) is 26.8 Å². The Kier molecular flexibility index (Phi) is 3.60. The summed E-state index contributed by atoms with van der Waals surface area (Å²) in [6, 6.07) is 7.93. The quantitative estimate of drug-likeness (QED) is 0.716. The molecular weight excluding hydrogens is 340 g/mol. The number of carbonyl (C=O) groups is 1. The van der Waals surface area contributed by atoms with Crippen molar-refractivity contribution in [3.63, 3.8) is 0 Å². The van der Waals surface area contributed by atoms with Crippen molar-refractivity contribution in [2.45, 2.75) is 38.6 Å². The number of carbonyl (C=O) groups excluding carboxylic acids is 1. The Morgan fingerprint density at radius 2 is 2.11 bits per heavy atom. The third-order valence-corrected chi connectivity index (χ3v) is 6.54. The fraction of sp³-hybridized carbons (Fsp3) is 0.500. The van der Waals surface area contributed by atoms with E-state index in [9.17, 15) is 4.79 Å². The first-order chi connectivity index (χ1) is 13.1. The van der Waals surface area contributed by atoms with Gasteiger partial charge in [-0.3, -0.25) is 9.48 Å². The number of nitrogens with zero attached hydrogens (tertiary/aromatic N) is 6. The van der Waals surface area contributed by atoms with Gasteiger partial charge >= 0.3 is 0 Å². The first-order valence-electron chi connectivity index (χ1n) is 9.72. The van der Waals surface area contributed by atoms with Crippen LogP contribution in [0.5, 0.6) is 0 Å². The third-order valence-electron chi connectivity index (χ3n) is 6.54. The van der Waals surface area contributed by atoms with Gasteiger partial charge in [-0.2, -0.15) is 5.10 Å². The molecule has 1 spiro atoms. The molecule has 7 nitrogen and oxygen atoms in total. The van der Waals surface area contributed by atoms with E-state index in [4.69, 9.17) is 0 Å². The number of amides is 1. The van der Waals surface area contributed by atoms with Crippen molar-refractivity contribution < 1.29 is 4.79 Å². The van der Waals surface area contributed by atoms with Crippen LogP contribution in [0.3, 0.4) is 0 Å². The molecule has 2 aliphatic rings. The largest absolute Gasteiger partial charge is 0.336 e. The first-order valence-corrected chi connectivity index (χ1v) is 9.72. The molecule has 1 saturated carbocycles. The Balaban J connectivity index is 1.50. The number of rotatable bonds is 3. The number of hydrogen-bond donors (Lipinski definition) is 0. The molecule has 0 N–H and O–H groups in total. The van der Waals surface area contributed by atoms with Crippen molar-refractivity contribution in [1.82, 2.24) is 29.4 Å². The summed E-state index contributed by atoms with van der Waals surface area (Å²) in [4.78, 5) is 15.4. The lowest BCUT2D eigenvalue weighted by Crippen LogP contribution is -2.38. The molecular formula is C20H24N6O. The molecule has 7 heteroatoms. The average Bonchev–Trinajstić information content (AvgIpc) is 3.35. The smallest absolute Gasteiger partial charge is 0.275 e. The summed E-state index contributed by atoms with van der Waals surface area (Å²) in [5.74, 6) is 1.31. The molecule has 140 valence electrons. The van der Waals surface area contributed by atoms with Crippen molar-refractivity contribution in [2.75, 3.05) is 13.1 Å². The second-order valence-corrected chi connectivity index (χ2v) is 7.92. The summed E-state index contributed by atoms with van der Waals surface area (Å²) < 4.78 is 3.91. The summed E-state index contributed by atoms with van der Waals surface area (Å²) in [5.41, 5.74) is 1.70. The molecule has 27 heavy (non-hydrogen) atoms. The van der Waals surface area contributed by atoms with Gasteiger partial charge in [0.15, 0.2) is 5.69 Å². The lowest BCUT2D eigenvalue weighted by molar-refractivity contribution is 0.0719. The van der Waals surface area contributed by atoms with Gasteiger partial charge in [-0.1, -0.05) is 24.6 Å². The van der Waals surface area contributed by atoms with E-state index in [1.54, 1.807) is 11.0 Å². The molecule has 2 fully saturated rings. The minimum absolute atomic E-state index is 0.0307. The summed E-state index contributed by atoms with van der Waals surface area (Å²) in [7, 11) is 1.89. The summed E-state index contributed by atoms with van der Waals surface area (Å²) in [6.07, 6.45) is 5.34. The van der Waals surface area contributed by atoms with E-state index in [0.29, 0.717) is 12.2 Å². The highest BCUT2D eigenvalue weighted by Gasteiger charge is 2.53. The number of hydrogen-bond acceptors (Lipinski definition) is 4. The van der Waals surface area contributed by atoms with Crippen molar-refractivity contribution in [3.05, 3.63) is 42.1 Å². The lowest BCUT2D eigenvalue weighted by atomic mass is 9.62. The maximum absolute atomic E-state index is 13.4. The Morgan fingerprint density at radius 3 is 2.85 bits per heavy atom. The summed E-state index contributed by atoms with van der Waals surface area (Å²) in [6.45, 7) is 4.45. The molecule has 1 aliphatic carbocycles. The fourth-order valence-electron chi connectivity index (χ4n) is 4.92. The van der Waals surface area contributed by atoms with Crippen LogP contribution >= 0.6 is 0 Å². The number of fused-ring (bicyclic) bond motifs is 1. The van der Waals surface area contributed by atoms with Crippen LogP contribution in [-0.2, 0) is 13.6 Å². The summed E-state index contributed by atoms with van der Waals surface area (Å²) in [5, 5.41) is 14.0. The molecule has 2 aromatic heterocycles. The van der Waals surface area contributed by atoms with Crippen molar-refractivity contribution in [3.8, 4) is 0 Å². The SMILES string of the molecule is CCn1cnnc1C1CN(C(=O)c2nn(C)c3ccccc23)CC12CCC2. The van der Waals surface area contributed by atoms with E-state index >= 15 is 0 Å². The van der Waals surface area contributed by atoms with Crippen LogP contribution in [0.15, 0.2) is 30.6 Å². The molecule has 5 rings (SSSR count). The van der Waals surface area contributed by atoms with Gasteiger partial charge in [0.25, 0.3) is 5.91 Å². The van der Waals surface area contributed by atoms with Gasteiger partial charge < -0.3 is 9.47 Å². The Hall–Kier alpha value is -2.70. The van der Waals surface area contributed by atoms with Crippen LogP contribution in [-0.4, -0.2) is 48.4 Å². The van der Waals surface area contributed by atoms with Gasteiger partial charge in [0.1, 0.15) is 12.2 Å². The molecule has 1 saturated heterocycles. The predicted molar refractivity (Wildman–Crippen MR) is 101 cm³/mol. The predicted octanol–water partition coefficient (Wildman–Crippen LogP) is 2.59. The minimum Gasteiger partial charge on any atom is -0.336 e. The van der Waals surface area contributed by atoms with Gasteiger partial charge in [0.05, 0.1) is 5.52 Å². The first kappa shape index (κ1) is 16.5. The maximum atomic E-state index is 13.4. The van der Waals surface area contributed by atoms with E-state index in [-0.39, 0.29) is 17.2 Å². The number of benzene rings is 1. The van der Waals surface area contributed by atoms with Gasteiger partial charge in [-0.15, -0.1) is 10.2 Å². The number of likely N-dealkylation sites (tertiary alicyclic amines) is 1. The fourth-order valence-corrected chi connectivity index (χ4v) is 4.92. The minimum atomic E-state index is 0.0307. The zero-order chi connectivity index (χ0) is 18.6. The van der Waals surface area contributed by atoms with Gasteiger partial charge in [-0.05, 0) is 31.2 Å². The zero-order valence-electron chi connectivity index (χ0n) is 15.8. The molecule has 3 heterocycles. The van der Waals surface area contributed by atoms with Gasteiger partial charge in [-0.25, -0.2) is 0 Å². The second kappa shape index (κ2) is 5.90. The van der Waals surface area contributed by atoms with Crippen molar-refractivity contribution in [2.24, 2.45) is 12.5 Å². The van der Waals surface area contributed by atoms with E-state index in [1.807, 2.05) is 36.2 Å². The summed E-state index contributed by atoms with van der Waals surface area (Å²) >= 11 is 0. The van der Waals surface area contributed by atoms with E-state index in [1.165, 1.54) is 6.42 Å². The molecule has 1 aromatic carbocycles. The Labute approximate surface area is 158 Å². The number of aromatic nitrogens is 5. The van der Waals surface area contributed by atoms with Gasteiger partial charge in [0.2, 0.25) is 0 Å². The average molecular weight is 364 g/mol. The van der Waals surface area contributed by atoms with Crippen LogP contribution in [0.2, 0.25) is 0 Å². The Morgan fingerprint density at radius 1 is 1.30 bits per heavy atom. The van der Waals surface area contributed by atoms with Crippen LogP contribution in [0.4, 0.5) is 0 Å². The van der Waals surface area contributed by atoms with Crippen LogP contribution in [0.1, 0.15) is 48.4 Å². The van der Waals surface area contributed by atoms with Crippen LogP contribution in [0, 0.1) is 5.41 Å². The van der Waals surface area contributed by atoms with Crippen LogP contribution in [0.25, 0.3) is 10.9 Å². The van der Waals surface area contributed by atoms with Gasteiger partial charge in [0, 0.05) is 38.0 Å².